The maximum atomic E-state index is 9.38. The molecule has 0 atom stereocenters. The number of aryl methyl sites for hydroxylation is 3. The average Bonchev–Trinajstić information content (AvgIpc) is 2.67. The zero-order valence-electron chi connectivity index (χ0n) is 10.9. The molecule has 4 heteroatoms. The van der Waals surface area contributed by atoms with E-state index in [9.17, 15) is 5.26 Å². The van der Waals surface area contributed by atoms with Crippen LogP contribution in [0.5, 0.6) is 0 Å². The minimum atomic E-state index is 0.599. The Bertz CT molecular complexity index is 616. The number of hydrogen-bond donors (Lipinski definition) is 0. The molecule has 0 N–H and O–H groups in total. The van der Waals surface area contributed by atoms with E-state index in [0.29, 0.717) is 11.0 Å². The number of nitriles is 1. The molecule has 3 nitrogen and oxygen atoms in total. The van der Waals surface area contributed by atoms with Gasteiger partial charge in [-0.15, -0.1) is 0 Å². The first-order valence-corrected chi connectivity index (χ1v) is 5.90. The van der Waals surface area contributed by atoms with Crippen LogP contribution in [0.15, 0.2) is 18.3 Å². The lowest BCUT2D eigenvalue weighted by Crippen LogP contribution is -2.08. The van der Waals surface area contributed by atoms with Crippen LogP contribution in [0, 0.1) is 18.3 Å². The van der Waals surface area contributed by atoms with Gasteiger partial charge >= 0.3 is 0 Å². The first-order valence-electron chi connectivity index (χ1n) is 5.90. The summed E-state index contributed by atoms with van der Waals surface area (Å²) in [5, 5.41) is 13.5. The first-order chi connectivity index (χ1) is 8.58. The third-order valence-electron chi connectivity index (χ3n) is 3.08. The molecule has 1 aromatic heterocycles. The van der Waals surface area contributed by atoms with Crippen molar-refractivity contribution in [2.45, 2.75) is 20.3 Å². The van der Waals surface area contributed by atoms with Crippen LogP contribution in [-0.2, 0) is 13.5 Å². The molecule has 0 saturated heterocycles. The zero-order chi connectivity index (χ0) is 13.3. The molecule has 0 amide bonds. The smallest absolute Gasteiger partial charge is 0.119 e. The van der Waals surface area contributed by atoms with E-state index in [2.05, 4.69) is 17.2 Å². The number of benzene rings is 1. The predicted molar refractivity (Wildman–Crippen MR) is 72.9 cm³/mol. The molecule has 1 aromatic carbocycles. The Morgan fingerprint density at radius 2 is 2.17 bits per heavy atom. The highest BCUT2D eigenvalue weighted by molar-refractivity contribution is 6.35. The van der Waals surface area contributed by atoms with E-state index in [-0.39, 0.29) is 0 Å². The van der Waals surface area contributed by atoms with Crippen molar-refractivity contribution in [2.24, 2.45) is 7.05 Å². The normalized spacial score (nSPS) is 10.3. The van der Waals surface area contributed by atoms with E-state index in [0.717, 1.165) is 28.8 Å². The average molecular weight is 235 g/mol. The molecule has 18 heavy (non-hydrogen) atoms. The van der Waals surface area contributed by atoms with Gasteiger partial charge in [-0.3, -0.25) is 4.68 Å². The van der Waals surface area contributed by atoms with Crippen molar-refractivity contribution in [2.75, 3.05) is 0 Å². The third-order valence-corrected chi connectivity index (χ3v) is 3.08. The molecule has 2 rings (SSSR count). The Kier molecular flexibility index (Phi) is 3.25. The van der Waals surface area contributed by atoms with Gasteiger partial charge in [0, 0.05) is 18.8 Å². The van der Waals surface area contributed by atoms with Gasteiger partial charge in [-0.25, -0.2) is 0 Å². The second-order valence-electron chi connectivity index (χ2n) is 4.38. The van der Waals surface area contributed by atoms with Crippen molar-refractivity contribution in [3.63, 3.8) is 0 Å². The summed E-state index contributed by atoms with van der Waals surface area (Å²) in [6.45, 7) is 4.07. The van der Waals surface area contributed by atoms with E-state index in [1.807, 2.05) is 27.0 Å². The number of hydrogen-bond acceptors (Lipinski definition) is 2. The molecular formula is C14H14BN3. The monoisotopic (exact) mass is 235 g/mol. The molecule has 0 unspecified atom stereocenters. The molecule has 0 aliphatic rings. The summed E-state index contributed by atoms with van der Waals surface area (Å²) in [4.78, 5) is 0. The SMILES string of the molecule is [B]c1cnn(C)c1-c1cc(C)cc(CC)c1C#N. The van der Waals surface area contributed by atoms with Crippen LogP contribution >= 0.6 is 0 Å². The second-order valence-corrected chi connectivity index (χ2v) is 4.38. The molecule has 0 saturated carbocycles. The molecule has 2 radical (unpaired) electrons. The summed E-state index contributed by atoms with van der Waals surface area (Å²) >= 11 is 0. The van der Waals surface area contributed by atoms with Gasteiger partial charge in [0.25, 0.3) is 0 Å². The highest BCUT2D eigenvalue weighted by Crippen LogP contribution is 2.26. The molecule has 88 valence electrons. The van der Waals surface area contributed by atoms with Crippen molar-refractivity contribution in [1.29, 1.82) is 5.26 Å². The summed E-state index contributed by atoms with van der Waals surface area (Å²) in [6, 6.07) is 6.33. The topological polar surface area (TPSA) is 41.6 Å². The molecular weight excluding hydrogens is 221 g/mol. The lowest BCUT2D eigenvalue weighted by molar-refractivity contribution is 0.775. The van der Waals surface area contributed by atoms with Crippen molar-refractivity contribution in [3.05, 3.63) is 35.0 Å². The van der Waals surface area contributed by atoms with E-state index in [4.69, 9.17) is 7.85 Å². The Morgan fingerprint density at radius 3 is 2.67 bits per heavy atom. The summed E-state index contributed by atoms with van der Waals surface area (Å²) in [5.41, 5.74) is 5.14. The van der Waals surface area contributed by atoms with Crippen molar-refractivity contribution < 1.29 is 0 Å². The molecule has 1 heterocycles. The number of nitrogens with zero attached hydrogens (tertiary/aromatic N) is 3. The molecule has 0 bridgehead atoms. The maximum absolute atomic E-state index is 9.38. The minimum absolute atomic E-state index is 0.599. The fourth-order valence-electron chi connectivity index (χ4n) is 2.24. The fraction of sp³-hybridized carbons (Fsp3) is 0.286. The van der Waals surface area contributed by atoms with Crippen LogP contribution in [0.25, 0.3) is 11.3 Å². The van der Waals surface area contributed by atoms with Crippen LogP contribution in [-0.4, -0.2) is 17.6 Å². The van der Waals surface area contributed by atoms with E-state index in [1.54, 1.807) is 10.9 Å². The lowest BCUT2D eigenvalue weighted by atomic mass is 9.88. The molecule has 0 spiro atoms. The molecule has 0 aliphatic heterocycles. The van der Waals surface area contributed by atoms with Crippen LogP contribution in [0.4, 0.5) is 0 Å². The van der Waals surface area contributed by atoms with Gasteiger partial charge in [0.1, 0.15) is 13.9 Å². The van der Waals surface area contributed by atoms with E-state index in [1.165, 1.54) is 0 Å². The quantitative estimate of drug-likeness (QED) is 0.742. The van der Waals surface area contributed by atoms with Crippen molar-refractivity contribution >= 4 is 13.3 Å². The Labute approximate surface area is 108 Å². The van der Waals surface area contributed by atoms with Gasteiger partial charge in [0.15, 0.2) is 0 Å². The molecule has 0 fully saturated rings. The van der Waals surface area contributed by atoms with Gasteiger partial charge < -0.3 is 0 Å². The van der Waals surface area contributed by atoms with E-state index >= 15 is 0 Å². The van der Waals surface area contributed by atoms with E-state index < -0.39 is 0 Å². The Balaban J connectivity index is 2.79. The Hall–Kier alpha value is -2.02. The minimum Gasteiger partial charge on any atom is -0.269 e. The van der Waals surface area contributed by atoms with Crippen LogP contribution < -0.4 is 5.46 Å². The summed E-state index contributed by atoms with van der Waals surface area (Å²) in [5.74, 6) is 0. The van der Waals surface area contributed by atoms with Gasteiger partial charge in [0.2, 0.25) is 0 Å². The largest absolute Gasteiger partial charge is 0.269 e. The van der Waals surface area contributed by atoms with Gasteiger partial charge in [-0.05, 0) is 25.0 Å². The van der Waals surface area contributed by atoms with Crippen molar-refractivity contribution in [1.82, 2.24) is 9.78 Å². The highest BCUT2D eigenvalue weighted by atomic mass is 15.3. The fourth-order valence-corrected chi connectivity index (χ4v) is 2.24. The van der Waals surface area contributed by atoms with Gasteiger partial charge in [0.05, 0.1) is 11.3 Å². The predicted octanol–water partition coefficient (Wildman–Crippen LogP) is 1.62. The molecule has 0 aliphatic carbocycles. The summed E-state index contributed by atoms with van der Waals surface area (Å²) in [6.07, 6.45) is 2.44. The summed E-state index contributed by atoms with van der Waals surface area (Å²) in [7, 11) is 7.78. The van der Waals surface area contributed by atoms with Gasteiger partial charge in [-0.2, -0.15) is 10.4 Å². The Morgan fingerprint density at radius 1 is 1.44 bits per heavy atom. The van der Waals surface area contributed by atoms with Gasteiger partial charge in [-0.1, -0.05) is 24.0 Å². The third kappa shape index (κ3) is 1.93. The maximum Gasteiger partial charge on any atom is 0.119 e. The first kappa shape index (κ1) is 12.4. The zero-order valence-corrected chi connectivity index (χ0v) is 10.9. The number of aromatic nitrogens is 2. The second kappa shape index (κ2) is 4.69. The number of rotatable bonds is 2. The van der Waals surface area contributed by atoms with Crippen LogP contribution in [0.3, 0.4) is 0 Å². The lowest BCUT2D eigenvalue weighted by Gasteiger charge is -2.11. The van der Waals surface area contributed by atoms with Crippen LogP contribution in [0.2, 0.25) is 0 Å². The summed E-state index contributed by atoms with van der Waals surface area (Å²) < 4.78 is 1.71. The standard InChI is InChI=1S/C14H14BN3/c1-4-10-5-9(2)6-11(12(10)7-16)14-13(15)8-17-18(14)3/h5-6,8H,4H2,1-3H3. The van der Waals surface area contributed by atoms with Crippen LogP contribution in [0.1, 0.15) is 23.6 Å². The van der Waals surface area contributed by atoms with Crippen molar-refractivity contribution in [3.8, 4) is 17.3 Å². The highest BCUT2D eigenvalue weighted by Gasteiger charge is 2.15. The molecule has 2 aromatic rings.